The number of thiophene rings is 1. The molecule has 0 radical (unpaired) electrons. The van der Waals surface area contributed by atoms with Crippen LogP contribution in [0, 0.1) is 6.92 Å². The van der Waals surface area contributed by atoms with E-state index in [4.69, 9.17) is 4.52 Å². The van der Waals surface area contributed by atoms with Crippen molar-refractivity contribution in [2.24, 2.45) is 0 Å². The number of fused-ring (bicyclic) bond motifs is 1. The van der Waals surface area contributed by atoms with Gasteiger partial charge in [-0.1, -0.05) is 35.0 Å². The first-order chi connectivity index (χ1) is 16.2. The number of aryl methyl sites for hydroxylation is 1. The molecule has 0 amide bonds. The van der Waals surface area contributed by atoms with Gasteiger partial charge in [0.05, 0.1) is 16.8 Å². The maximum Gasteiger partial charge on any atom is 0.416 e. The number of nitrogens with zero attached hydrogens (tertiary/aromatic N) is 4. The third-order valence-corrected chi connectivity index (χ3v) is 6.15. The topological polar surface area (TPSA) is 82.9 Å². The van der Waals surface area contributed by atoms with Gasteiger partial charge < -0.3 is 4.52 Å². The summed E-state index contributed by atoms with van der Waals surface area (Å²) in [6.07, 6.45) is -4.51. The number of halogens is 3. The fraction of sp³-hybridized carbons (Fsp3) is 0.130. The van der Waals surface area contributed by atoms with Crippen molar-refractivity contribution >= 4 is 21.6 Å². The molecule has 0 saturated carbocycles. The molecule has 0 saturated heterocycles. The minimum Gasteiger partial charge on any atom is -0.337 e. The lowest BCUT2D eigenvalue weighted by Crippen LogP contribution is -2.38. The Labute approximate surface area is 193 Å². The largest absolute Gasteiger partial charge is 0.416 e. The smallest absolute Gasteiger partial charge is 0.337 e. The first kappa shape index (κ1) is 21.8. The molecule has 0 bridgehead atoms. The van der Waals surface area contributed by atoms with E-state index in [1.165, 1.54) is 28.0 Å². The number of rotatable bonds is 4. The van der Waals surface area contributed by atoms with Gasteiger partial charge in [-0.3, -0.25) is 9.36 Å². The first-order valence-electron chi connectivity index (χ1n) is 10.0. The van der Waals surface area contributed by atoms with Crippen LogP contribution in [0.3, 0.4) is 0 Å². The molecule has 0 N–H and O–H groups in total. The van der Waals surface area contributed by atoms with Crippen LogP contribution in [0.15, 0.2) is 74.1 Å². The molecule has 0 aliphatic heterocycles. The normalized spacial score (nSPS) is 11.9. The van der Waals surface area contributed by atoms with E-state index in [0.29, 0.717) is 15.9 Å². The van der Waals surface area contributed by atoms with Gasteiger partial charge in [-0.25, -0.2) is 9.36 Å². The molecule has 172 valence electrons. The summed E-state index contributed by atoms with van der Waals surface area (Å²) in [7, 11) is 0. The van der Waals surface area contributed by atoms with Crippen LogP contribution < -0.4 is 11.2 Å². The van der Waals surface area contributed by atoms with Crippen LogP contribution in [0.25, 0.3) is 27.3 Å². The van der Waals surface area contributed by atoms with Crippen molar-refractivity contribution in [1.29, 1.82) is 0 Å². The van der Waals surface area contributed by atoms with Gasteiger partial charge in [0.1, 0.15) is 11.2 Å². The van der Waals surface area contributed by atoms with Crippen LogP contribution in [0.4, 0.5) is 13.2 Å². The van der Waals surface area contributed by atoms with Crippen molar-refractivity contribution in [1.82, 2.24) is 19.3 Å². The van der Waals surface area contributed by atoms with Gasteiger partial charge in [-0.2, -0.15) is 18.2 Å². The predicted octanol–water partition coefficient (Wildman–Crippen LogP) is 4.64. The third kappa shape index (κ3) is 3.83. The molecule has 5 rings (SSSR count). The second-order valence-electron chi connectivity index (χ2n) is 7.57. The molecule has 2 aromatic carbocycles. The quantitative estimate of drug-likeness (QED) is 0.371. The van der Waals surface area contributed by atoms with Gasteiger partial charge in [0.25, 0.3) is 5.56 Å². The summed E-state index contributed by atoms with van der Waals surface area (Å²) in [4.78, 5) is 30.5. The second-order valence-corrected chi connectivity index (χ2v) is 8.49. The Hall–Kier alpha value is -3.99. The zero-order valence-corrected chi connectivity index (χ0v) is 18.4. The predicted molar refractivity (Wildman–Crippen MR) is 120 cm³/mol. The van der Waals surface area contributed by atoms with Gasteiger partial charge >= 0.3 is 11.9 Å². The minimum atomic E-state index is -4.51. The summed E-state index contributed by atoms with van der Waals surface area (Å²) in [5.74, 6) is -0.0290. The van der Waals surface area contributed by atoms with Crippen molar-refractivity contribution in [3.05, 3.63) is 97.8 Å². The van der Waals surface area contributed by atoms with Gasteiger partial charge in [0.2, 0.25) is 11.7 Å². The number of benzene rings is 2. The molecule has 34 heavy (non-hydrogen) atoms. The summed E-state index contributed by atoms with van der Waals surface area (Å²) in [6.45, 7) is 1.73. The van der Waals surface area contributed by atoms with E-state index in [9.17, 15) is 22.8 Å². The van der Waals surface area contributed by atoms with Crippen molar-refractivity contribution in [3.63, 3.8) is 0 Å². The Morgan fingerprint density at radius 2 is 1.82 bits per heavy atom. The molecule has 0 aliphatic carbocycles. The number of aromatic nitrogens is 4. The second kappa shape index (κ2) is 8.10. The molecule has 0 aliphatic rings. The molecular formula is C23H15F3N4O3S. The van der Waals surface area contributed by atoms with E-state index in [-0.39, 0.29) is 23.8 Å². The summed E-state index contributed by atoms with van der Waals surface area (Å²) >= 11 is 1.20. The molecule has 11 heteroatoms. The zero-order valence-electron chi connectivity index (χ0n) is 17.5. The molecular weight excluding hydrogens is 469 g/mol. The average Bonchev–Trinajstić information content (AvgIpc) is 3.48. The van der Waals surface area contributed by atoms with E-state index in [0.717, 1.165) is 22.3 Å². The number of hydrogen-bond acceptors (Lipinski definition) is 6. The van der Waals surface area contributed by atoms with Crippen molar-refractivity contribution in [3.8, 4) is 17.1 Å². The Kier molecular flexibility index (Phi) is 5.20. The highest BCUT2D eigenvalue weighted by molar-refractivity contribution is 7.17. The Morgan fingerprint density at radius 3 is 2.56 bits per heavy atom. The van der Waals surface area contributed by atoms with Crippen LogP contribution in [0.2, 0.25) is 0 Å². The average molecular weight is 484 g/mol. The first-order valence-corrected chi connectivity index (χ1v) is 10.9. The lowest BCUT2D eigenvalue weighted by atomic mass is 10.1. The molecule has 0 spiro atoms. The maximum absolute atomic E-state index is 13.3. The Morgan fingerprint density at radius 1 is 1.06 bits per heavy atom. The van der Waals surface area contributed by atoms with Crippen molar-refractivity contribution < 1.29 is 17.7 Å². The fourth-order valence-electron chi connectivity index (χ4n) is 3.57. The van der Waals surface area contributed by atoms with E-state index < -0.39 is 23.0 Å². The van der Waals surface area contributed by atoms with Crippen LogP contribution in [-0.2, 0) is 12.7 Å². The fourth-order valence-corrected chi connectivity index (χ4v) is 4.39. The van der Waals surface area contributed by atoms with Gasteiger partial charge in [0.15, 0.2) is 0 Å². The zero-order chi connectivity index (χ0) is 24.0. The van der Waals surface area contributed by atoms with Gasteiger partial charge in [0, 0.05) is 5.56 Å². The number of hydrogen-bond donors (Lipinski definition) is 0. The lowest BCUT2D eigenvalue weighted by molar-refractivity contribution is -0.137. The molecule has 0 unspecified atom stereocenters. The summed E-state index contributed by atoms with van der Waals surface area (Å²) in [6, 6.07) is 13.2. The Bertz CT molecular complexity index is 1630. The highest BCUT2D eigenvalue weighted by Crippen LogP contribution is 2.31. The summed E-state index contributed by atoms with van der Waals surface area (Å²) in [5.41, 5.74) is 0.0494. The highest BCUT2D eigenvalue weighted by atomic mass is 32.1. The molecule has 3 aromatic heterocycles. The Balaban J connectivity index is 1.58. The summed E-state index contributed by atoms with van der Waals surface area (Å²) in [5, 5.41) is 5.47. The van der Waals surface area contributed by atoms with Crippen molar-refractivity contribution in [2.45, 2.75) is 19.6 Å². The maximum atomic E-state index is 13.3. The van der Waals surface area contributed by atoms with Crippen LogP contribution in [-0.4, -0.2) is 19.3 Å². The molecule has 5 aromatic rings. The third-order valence-electron chi connectivity index (χ3n) is 5.26. The number of alkyl halides is 3. The molecule has 0 atom stereocenters. The van der Waals surface area contributed by atoms with Crippen LogP contribution in [0.5, 0.6) is 0 Å². The SMILES string of the molecule is Cc1ccc(-n2c(=O)c3sccc3n(Cc3nc(-c4cccc(C(F)(F)F)c4)no3)c2=O)cc1. The van der Waals surface area contributed by atoms with Gasteiger partial charge in [-0.15, -0.1) is 11.3 Å². The van der Waals surface area contributed by atoms with Crippen molar-refractivity contribution in [2.75, 3.05) is 0 Å². The standard InChI is InChI=1S/C23H15F3N4O3S/c1-13-5-7-16(8-6-13)30-21(31)19-17(9-10-34-19)29(22(30)32)12-18-27-20(28-33-18)14-3-2-4-15(11-14)23(24,25)26/h2-11H,12H2,1H3. The van der Waals surface area contributed by atoms with E-state index in [1.54, 1.807) is 35.7 Å². The minimum absolute atomic E-state index is 0.0103. The monoisotopic (exact) mass is 484 g/mol. The molecule has 3 heterocycles. The molecule has 7 nitrogen and oxygen atoms in total. The van der Waals surface area contributed by atoms with E-state index in [2.05, 4.69) is 10.1 Å². The van der Waals surface area contributed by atoms with E-state index >= 15 is 0 Å². The van der Waals surface area contributed by atoms with E-state index in [1.807, 2.05) is 6.92 Å². The highest BCUT2D eigenvalue weighted by Gasteiger charge is 2.30. The lowest BCUT2D eigenvalue weighted by Gasteiger charge is -2.11. The molecule has 0 fully saturated rings. The summed E-state index contributed by atoms with van der Waals surface area (Å²) < 4.78 is 47.1. The van der Waals surface area contributed by atoms with Crippen LogP contribution in [0.1, 0.15) is 17.0 Å². The van der Waals surface area contributed by atoms with Gasteiger partial charge in [-0.05, 0) is 42.6 Å². The van der Waals surface area contributed by atoms with Crippen LogP contribution >= 0.6 is 11.3 Å².